The number of benzene rings is 1. The van der Waals surface area contributed by atoms with E-state index in [2.05, 4.69) is 72.3 Å². The second-order valence-electron chi connectivity index (χ2n) is 6.24. The van der Waals surface area contributed by atoms with Crippen molar-refractivity contribution in [2.45, 2.75) is 26.3 Å². The predicted octanol–water partition coefficient (Wildman–Crippen LogP) is 4.20. The largest absolute Gasteiger partial charge is 0.320 e. The van der Waals surface area contributed by atoms with E-state index < -0.39 is 0 Å². The highest BCUT2D eigenvalue weighted by Crippen LogP contribution is 2.33. The molecule has 0 amide bonds. The first kappa shape index (κ1) is 11.5. The van der Waals surface area contributed by atoms with Gasteiger partial charge in [0.05, 0.1) is 5.52 Å². The maximum atomic E-state index is 4.82. The van der Waals surface area contributed by atoms with Crippen molar-refractivity contribution in [1.29, 1.82) is 0 Å². The maximum Gasteiger partial charge on any atom is 0.146 e. The first-order chi connectivity index (χ1) is 9.57. The summed E-state index contributed by atoms with van der Waals surface area (Å²) in [7, 11) is 0. The van der Waals surface area contributed by atoms with Gasteiger partial charge in [0, 0.05) is 17.1 Å². The Hall–Kier alpha value is -2.29. The van der Waals surface area contributed by atoms with E-state index in [-0.39, 0.29) is 5.54 Å². The zero-order chi connectivity index (χ0) is 13.9. The second-order valence-corrected chi connectivity index (χ2v) is 6.24. The average molecular weight is 263 g/mol. The van der Waals surface area contributed by atoms with Gasteiger partial charge in [0.2, 0.25) is 0 Å². The molecule has 20 heavy (non-hydrogen) atoms. The van der Waals surface area contributed by atoms with E-state index in [1.165, 1.54) is 16.6 Å². The van der Waals surface area contributed by atoms with Crippen LogP contribution in [0.5, 0.6) is 0 Å². The molecule has 4 rings (SSSR count). The quantitative estimate of drug-likeness (QED) is 0.466. The lowest BCUT2D eigenvalue weighted by atomic mass is 10.1. The molecule has 0 aliphatic rings. The molecule has 0 unspecified atom stereocenters. The van der Waals surface area contributed by atoms with Gasteiger partial charge in [-0.25, -0.2) is 4.98 Å². The molecule has 0 saturated carbocycles. The minimum atomic E-state index is 0.00710. The summed E-state index contributed by atoms with van der Waals surface area (Å²) in [5.74, 6) is 0. The summed E-state index contributed by atoms with van der Waals surface area (Å²) in [6, 6.07) is 14.7. The first-order valence-corrected chi connectivity index (χ1v) is 6.94. The average Bonchev–Trinajstić information content (AvgIpc) is 2.92. The van der Waals surface area contributed by atoms with Gasteiger partial charge in [0.25, 0.3) is 0 Å². The Bertz CT molecular complexity index is 929. The van der Waals surface area contributed by atoms with Crippen molar-refractivity contribution < 1.29 is 0 Å². The lowest BCUT2D eigenvalue weighted by Crippen LogP contribution is -2.22. The number of rotatable bonds is 0. The number of imidazole rings is 1. The summed E-state index contributed by atoms with van der Waals surface area (Å²) in [6.07, 6.45) is 2.09. The van der Waals surface area contributed by atoms with Crippen LogP contribution in [0.3, 0.4) is 0 Å². The van der Waals surface area contributed by atoms with Crippen molar-refractivity contribution in [1.82, 2.24) is 14.0 Å². The zero-order valence-electron chi connectivity index (χ0n) is 12.0. The SMILES string of the molecule is CC(C)(C)n1c2ccccc2c2nc3ccccn3c21. The molecule has 3 heteroatoms. The number of fused-ring (bicyclic) bond motifs is 5. The summed E-state index contributed by atoms with van der Waals surface area (Å²) in [5.41, 5.74) is 4.51. The molecule has 0 atom stereocenters. The van der Waals surface area contributed by atoms with Crippen molar-refractivity contribution in [3.05, 3.63) is 48.7 Å². The van der Waals surface area contributed by atoms with E-state index in [1.54, 1.807) is 0 Å². The number of pyridine rings is 1. The van der Waals surface area contributed by atoms with Gasteiger partial charge in [-0.05, 0) is 39.0 Å². The van der Waals surface area contributed by atoms with Crippen LogP contribution in [-0.4, -0.2) is 14.0 Å². The third-order valence-corrected chi connectivity index (χ3v) is 3.79. The van der Waals surface area contributed by atoms with Crippen LogP contribution in [0.1, 0.15) is 20.8 Å². The number of aromatic nitrogens is 3. The van der Waals surface area contributed by atoms with Gasteiger partial charge in [0.1, 0.15) is 16.8 Å². The number of para-hydroxylation sites is 1. The lowest BCUT2D eigenvalue weighted by molar-refractivity contribution is 0.420. The molecule has 0 radical (unpaired) electrons. The zero-order valence-corrected chi connectivity index (χ0v) is 12.0. The Morgan fingerprint density at radius 1 is 0.950 bits per heavy atom. The van der Waals surface area contributed by atoms with Crippen LogP contribution in [0.4, 0.5) is 0 Å². The van der Waals surface area contributed by atoms with Crippen molar-refractivity contribution in [2.75, 3.05) is 0 Å². The van der Waals surface area contributed by atoms with Crippen molar-refractivity contribution in [2.24, 2.45) is 0 Å². The molecule has 0 aliphatic carbocycles. The lowest BCUT2D eigenvalue weighted by Gasteiger charge is -2.23. The molecule has 4 aromatic rings. The van der Waals surface area contributed by atoms with Gasteiger partial charge < -0.3 is 4.57 Å². The Morgan fingerprint density at radius 2 is 1.70 bits per heavy atom. The van der Waals surface area contributed by atoms with Crippen LogP contribution in [0, 0.1) is 0 Å². The van der Waals surface area contributed by atoms with Gasteiger partial charge >= 0.3 is 0 Å². The maximum absolute atomic E-state index is 4.82. The van der Waals surface area contributed by atoms with Crippen molar-refractivity contribution in [3.63, 3.8) is 0 Å². The molecular formula is C17H17N3. The highest BCUT2D eigenvalue weighted by atomic mass is 15.2. The van der Waals surface area contributed by atoms with Gasteiger partial charge in [-0.3, -0.25) is 4.40 Å². The molecule has 0 bridgehead atoms. The standard InChI is InChI=1S/C17H17N3/c1-17(2,3)20-13-9-5-4-8-12(13)15-16(20)19-11-7-6-10-14(19)18-15/h4-11H,1-3H3. The van der Waals surface area contributed by atoms with E-state index in [1.807, 2.05) is 6.07 Å². The van der Waals surface area contributed by atoms with Crippen LogP contribution in [0.2, 0.25) is 0 Å². The smallest absolute Gasteiger partial charge is 0.146 e. The first-order valence-electron chi connectivity index (χ1n) is 6.94. The van der Waals surface area contributed by atoms with Gasteiger partial charge in [0.15, 0.2) is 0 Å². The van der Waals surface area contributed by atoms with Crippen LogP contribution in [0.25, 0.3) is 27.7 Å². The van der Waals surface area contributed by atoms with Gasteiger partial charge in [-0.1, -0.05) is 24.3 Å². The predicted molar refractivity (Wildman–Crippen MR) is 83.2 cm³/mol. The third-order valence-electron chi connectivity index (χ3n) is 3.79. The molecule has 0 spiro atoms. The summed E-state index contributed by atoms with van der Waals surface area (Å²) >= 11 is 0. The molecule has 100 valence electrons. The highest BCUT2D eigenvalue weighted by molar-refractivity contribution is 6.06. The van der Waals surface area contributed by atoms with E-state index in [9.17, 15) is 0 Å². The Kier molecular flexibility index (Phi) is 2.09. The minimum absolute atomic E-state index is 0.00710. The monoisotopic (exact) mass is 263 g/mol. The molecule has 3 aromatic heterocycles. The molecule has 0 aliphatic heterocycles. The van der Waals surface area contributed by atoms with E-state index in [0.717, 1.165) is 11.2 Å². The summed E-state index contributed by atoms with van der Waals surface area (Å²) in [4.78, 5) is 4.82. The highest BCUT2D eigenvalue weighted by Gasteiger charge is 2.23. The van der Waals surface area contributed by atoms with Crippen LogP contribution >= 0.6 is 0 Å². The fourth-order valence-electron chi connectivity index (χ4n) is 3.04. The Balaban J connectivity index is 2.35. The number of nitrogens with zero attached hydrogens (tertiary/aromatic N) is 3. The summed E-state index contributed by atoms with van der Waals surface area (Å²) in [5, 5.41) is 1.22. The Morgan fingerprint density at radius 3 is 2.50 bits per heavy atom. The third kappa shape index (κ3) is 1.38. The molecule has 1 aromatic carbocycles. The van der Waals surface area contributed by atoms with Crippen LogP contribution in [-0.2, 0) is 5.54 Å². The molecule has 0 N–H and O–H groups in total. The van der Waals surface area contributed by atoms with E-state index in [4.69, 9.17) is 4.98 Å². The normalized spacial score (nSPS) is 12.8. The Labute approximate surface area is 117 Å². The minimum Gasteiger partial charge on any atom is -0.320 e. The van der Waals surface area contributed by atoms with E-state index in [0.29, 0.717) is 0 Å². The fourth-order valence-corrected chi connectivity index (χ4v) is 3.04. The summed E-state index contributed by atoms with van der Waals surface area (Å²) < 4.78 is 4.57. The second kappa shape index (κ2) is 3.63. The van der Waals surface area contributed by atoms with Crippen LogP contribution < -0.4 is 0 Å². The molecule has 3 nitrogen and oxygen atoms in total. The molecular weight excluding hydrogens is 246 g/mol. The van der Waals surface area contributed by atoms with Gasteiger partial charge in [-0.2, -0.15) is 0 Å². The number of hydrogen-bond acceptors (Lipinski definition) is 1. The fraction of sp³-hybridized carbons (Fsp3) is 0.235. The topological polar surface area (TPSA) is 22.2 Å². The van der Waals surface area contributed by atoms with Crippen molar-refractivity contribution in [3.8, 4) is 0 Å². The van der Waals surface area contributed by atoms with Crippen LogP contribution in [0.15, 0.2) is 48.7 Å². The molecule has 3 heterocycles. The van der Waals surface area contributed by atoms with Crippen molar-refractivity contribution >= 4 is 27.7 Å². The number of hydrogen-bond donors (Lipinski definition) is 0. The molecule has 0 saturated heterocycles. The van der Waals surface area contributed by atoms with E-state index >= 15 is 0 Å². The van der Waals surface area contributed by atoms with Gasteiger partial charge in [-0.15, -0.1) is 0 Å². The molecule has 0 fully saturated rings. The summed E-state index contributed by atoms with van der Waals surface area (Å²) in [6.45, 7) is 6.71.